The van der Waals surface area contributed by atoms with Gasteiger partial charge < -0.3 is 0 Å². The van der Waals surface area contributed by atoms with E-state index in [0.29, 0.717) is 17.6 Å². The van der Waals surface area contributed by atoms with Gasteiger partial charge in [-0.05, 0) is 36.4 Å². The first-order valence-corrected chi connectivity index (χ1v) is 16.5. The molecule has 4 nitrogen and oxygen atoms in total. The molecular weight excluding hydrogens is 589 g/mol. The zero-order valence-electron chi connectivity index (χ0n) is 23.8. The Kier molecular flexibility index (Phi) is 5.29. The molecule has 45 heavy (non-hydrogen) atoms. The van der Waals surface area contributed by atoms with E-state index in [1.807, 2.05) is 59.1 Å². The summed E-state index contributed by atoms with van der Waals surface area (Å²) in [5.41, 5.74) is 4.07. The summed E-state index contributed by atoms with van der Waals surface area (Å²) in [5, 5.41) is 7.56. The standard InChI is InChI=1S/C39H22N4S2/c1-3-11-23(12-4-1)37-40-38(24-13-5-2-6-14-24)42-39(41-37)43-31-17-9-7-15-25(31)27-21-34-30(20-32(27)43)29-19-28-26-16-8-10-18-33(26)44-35(28)22-36(29)45-34/h1-22H. The highest BCUT2D eigenvalue weighted by Gasteiger charge is 2.20. The lowest BCUT2D eigenvalue weighted by Crippen LogP contribution is -2.06. The molecule has 210 valence electrons. The van der Waals surface area contributed by atoms with Gasteiger partial charge in [-0.2, -0.15) is 9.97 Å². The fraction of sp³-hybridized carbons (Fsp3) is 0. The number of thiophene rings is 2. The van der Waals surface area contributed by atoms with E-state index in [4.69, 9.17) is 15.0 Å². The molecular formula is C39H22N4S2. The van der Waals surface area contributed by atoms with E-state index in [2.05, 4.69) is 102 Å². The maximum Gasteiger partial charge on any atom is 0.238 e. The summed E-state index contributed by atoms with van der Waals surface area (Å²) < 4.78 is 7.47. The van der Waals surface area contributed by atoms with Gasteiger partial charge in [-0.3, -0.25) is 4.57 Å². The molecule has 10 rings (SSSR count). The van der Waals surface area contributed by atoms with Crippen molar-refractivity contribution in [3.8, 4) is 28.7 Å². The highest BCUT2D eigenvalue weighted by molar-refractivity contribution is 7.28. The Hall–Kier alpha value is -5.43. The van der Waals surface area contributed by atoms with Crippen LogP contribution in [0.1, 0.15) is 0 Å². The van der Waals surface area contributed by atoms with E-state index in [1.165, 1.54) is 51.1 Å². The molecule has 0 radical (unpaired) electrons. The van der Waals surface area contributed by atoms with Crippen LogP contribution in [0.4, 0.5) is 0 Å². The molecule has 6 aromatic carbocycles. The third-order valence-electron chi connectivity index (χ3n) is 8.65. The molecule has 0 saturated heterocycles. The van der Waals surface area contributed by atoms with Gasteiger partial charge in [0.15, 0.2) is 11.6 Å². The first-order chi connectivity index (χ1) is 22.3. The van der Waals surface area contributed by atoms with E-state index in [9.17, 15) is 0 Å². The van der Waals surface area contributed by atoms with Crippen molar-refractivity contribution >= 4 is 84.8 Å². The number of hydrogen-bond donors (Lipinski definition) is 0. The van der Waals surface area contributed by atoms with Gasteiger partial charge in [0.25, 0.3) is 0 Å². The summed E-state index contributed by atoms with van der Waals surface area (Å²) in [6.45, 7) is 0. The lowest BCUT2D eigenvalue weighted by atomic mass is 10.1. The maximum atomic E-state index is 5.11. The number of benzene rings is 6. The largest absolute Gasteiger partial charge is 0.278 e. The molecule has 0 spiro atoms. The van der Waals surface area contributed by atoms with Crippen LogP contribution in [-0.2, 0) is 0 Å². The van der Waals surface area contributed by atoms with Gasteiger partial charge in [-0.1, -0.05) is 97.1 Å². The summed E-state index contributed by atoms with van der Waals surface area (Å²) >= 11 is 3.74. The Bertz CT molecular complexity index is 2700. The van der Waals surface area contributed by atoms with Crippen LogP contribution in [0.25, 0.3) is 90.9 Å². The average molecular weight is 611 g/mol. The van der Waals surface area contributed by atoms with Crippen molar-refractivity contribution in [3.05, 3.63) is 133 Å². The summed E-state index contributed by atoms with van der Waals surface area (Å²) in [6.07, 6.45) is 0. The minimum Gasteiger partial charge on any atom is -0.278 e. The molecule has 0 amide bonds. The van der Waals surface area contributed by atoms with Crippen molar-refractivity contribution in [2.24, 2.45) is 0 Å². The molecule has 4 heterocycles. The molecule has 4 aromatic heterocycles. The average Bonchev–Trinajstić information content (AvgIpc) is 3.75. The number of nitrogens with zero attached hydrogens (tertiary/aromatic N) is 4. The van der Waals surface area contributed by atoms with E-state index in [-0.39, 0.29) is 0 Å². The van der Waals surface area contributed by atoms with Crippen molar-refractivity contribution in [2.75, 3.05) is 0 Å². The lowest BCUT2D eigenvalue weighted by Gasteiger charge is -2.11. The fourth-order valence-corrected chi connectivity index (χ4v) is 8.92. The highest BCUT2D eigenvalue weighted by Crippen LogP contribution is 2.44. The first kappa shape index (κ1) is 25.0. The zero-order chi connectivity index (χ0) is 29.5. The number of rotatable bonds is 3. The van der Waals surface area contributed by atoms with E-state index in [0.717, 1.165) is 22.2 Å². The van der Waals surface area contributed by atoms with Crippen LogP contribution in [0.3, 0.4) is 0 Å². The summed E-state index contributed by atoms with van der Waals surface area (Å²) in [7, 11) is 0. The topological polar surface area (TPSA) is 43.6 Å². The molecule has 0 saturated carbocycles. The second-order valence-electron chi connectivity index (χ2n) is 11.3. The van der Waals surface area contributed by atoms with Crippen LogP contribution in [-0.4, -0.2) is 19.5 Å². The van der Waals surface area contributed by atoms with Gasteiger partial charge in [0.05, 0.1) is 11.0 Å². The van der Waals surface area contributed by atoms with Crippen LogP contribution in [0.2, 0.25) is 0 Å². The smallest absolute Gasteiger partial charge is 0.238 e. The summed E-state index contributed by atoms with van der Waals surface area (Å²) in [6, 6.07) is 47.1. The van der Waals surface area contributed by atoms with Gasteiger partial charge in [0.2, 0.25) is 5.95 Å². The molecule has 0 aliphatic rings. The van der Waals surface area contributed by atoms with Crippen molar-refractivity contribution in [2.45, 2.75) is 0 Å². The second kappa shape index (κ2) is 9.53. The molecule has 0 N–H and O–H groups in total. The van der Waals surface area contributed by atoms with Crippen LogP contribution in [0.15, 0.2) is 133 Å². The van der Waals surface area contributed by atoms with Gasteiger partial charge >= 0.3 is 0 Å². The van der Waals surface area contributed by atoms with Crippen molar-refractivity contribution in [1.29, 1.82) is 0 Å². The molecule has 0 fully saturated rings. The predicted molar refractivity (Wildman–Crippen MR) is 191 cm³/mol. The van der Waals surface area contributed by atoms with E-state index < -0.39 is 0 Å². The van der Waals surface area contributed by atoms with Crippen LogP contribution in [0, 0.1) is 0 Å². The maximum absolute atomic E-state index is 5.11. The SMILES string of the molecule is c1ccc(-c2nc(-c3ccccc3)nc(-n3c4ccccc4c4cc5sc6cc7sc8ccccc8c7cc6c5cc43)n2)cc1. The fourth-order valence-electron chi connectivity index (χ4n) is 6.57. The Balaban J connectivity index is 1.30. The van der Waals surface area contributed by atoms with Crippen LogP contribution in [0.5, 0.6) is 0 Å². The molecule has 10 aromatic rings. The molecule has 0 bridgehead atoms. The molecule has 0 aliphatic heterocycles. The highest BCUT2D eigenvalue weighted by atomic mass is 32.1. The minimum atomic E-state index is 0.610. The number of para-hydroxylation sites is 1. The monoisotopic (exact) mass is 610 g/mol. The summed E-state index contributed by atoms with van der Waals surface area (Å²) in [4.78, 5) is 15.2. The predicted octanol–water partition coefficient (Wildman–Crippen LogP) is 11.0. The van der Waals surface area contributed by atoms with Crippen molar-refractivity contribution in [1.82, 2.24) is 19.5 Å². The van der Waals surface area contributed by atoms with E-state index in [1.54, 1.807) is 0 Å². The number of aromatic nitrogens is 4. The normalized spacial score (nSPS) is 12.0. The minimum absolute atomic E-state index is 0.610. The van der Waals surface area contributed by atoms with Crippen molar-refractivity contribution < 1.29 is 0 Å². The molecule has 0 atom stereocenters. The first-order valence-electron chi connectivity index (χ1n) is 14.9. The van der Waals surface area contributed by atoms with Gasteiger partial charge in [-0.25, -0.2) is 4.98 Å². The second-order valence-corrected chi connectivity index (χ2v) is 13.4. The Morgan fingerprint density at radius 3 is 1.67 bits per heavy atom. The van der Waals surface area contributed by atoms with Crippen LogP contribution >= 0.6 is 22.7 Å². The molecule has 0 unspecified atom stereocenters. The van der Waals surface area contributed by atoms with Crippen molar-refractivity contribution in [3.63, 3.8) is 0 Å². The van der Waals surface area contributed by atoms with Gasteiger partial charge in [0, 0.05) is 62.2 Å². The molecule has 0 aliphatic carbocycles. The number of hydrogen-bond acceptors (Lipinski definition) is 5. The third-order valence-corrected chi connectivity index (χ3v) is 10.9. The van der Waals surface area contributed by atoms with Gasteiger partial charge in [0.1, 0.15) is 0 Å². The Morgan fingerprint density at radius 2 is 0.933 bits per heavy atom. The molecule has 6 heteroatoms. The van der Waals surface area contributed by atoms with Gasteiger partial charge in [-0.15, -0.1) is 22.7 Å². The lowest BCUT2D eigenvalue weighted by molar-refractivity contribution is 0.954. The zero-order valence-corrected chi connectivity index (χ0v) is 25.4. The quantitative estimate of drug-likeness (QED) is 0.200. The Labute approximate surface area is 265 Å². The Morgan fingerprint density at radius 1 is 0.378 bits per heavy atom. The third kappa shape index (κ3) is 3.80. The van der Waals surface area contributed by atoms with Crippen LogP contribution < -0.4 is 0 Å². The van der Waals surface area contributed by atoms with E-state index >= 15 is 0 Å². The number of fused-ring (bicyclic) bond motifs is 9. The summed E-state index contributed by atoms with van der Waals surface area (Å²) in [5.74, 6) is 1.91.